The lowest BCUT2D eigenvalue weighted by molar-refractivity contribution is -0.133. The molecular formula is C15H29N3O5S. The summed E-state index contributed by atoms with van der Waals surface area (Å²) >= 11 is 0. The maximum Gasteiger partial charge on any atom is 0.409 e. The summed E-state index contributed by atoms with van der Waals surface area (Å²) in [5.41, 5.74) is -0.573. The van der Waals surface area contributed by atoms with E-state index in [1.807, 2.05) is 0 Å². The van der Waals surface area contributed by atoms with E-state index in [1.165, 1.54) is 4.31 Å². The Labute approximate surface area is 144 Å². The lowest BCUT2D eigenvalue weighted by atomic mass is 10.1. The number of carbonyl (C=O) groups excluding carboxylic acids is 2. The number of ether oxygens (including phenoxy) is 1. The van der Waals surface area contributed by atoms with Crippen LogP contribution < -0.4 is 0 Å². The van der Waals surface area contributed by atoms with E-state index in [9.17, 15) is 18.0 Å². The van der Waals surface area contributed by atoms with Crippen LogP contribution in [0.15, 0.2) is 0 Å². The van der Waals surface area contributed by atoms with Gasteiger partial charge in [0.1, 0.15) is 0 Å². The highest BCUT2D eigenvalue weighted by Crippen LogP contribution is 2.18. The number of amides is 2. The van der Waals surface area contributed by atoms with Crippen molar-refractivity contribution in [3.8, 4) is 0 Å². The Bertz CT molecular complexity index is 548. The molecule has 0 spiro atoms. The maximum atomic E-state index is 12.3. The molecule has 1 rings (SSSR count). The van der Waals surface area contributed by atoms with Crippen LogP contribution in [0.3, 0.4) is 0 Å². The van der Waals surface area contributed by atoms with E-state index in [4.69, 9.17) is 4.74 Å². The van der Waals surface area contributed by atoms with Crippen molar-refractivity contribution in [1.82, 2.24) is 14.1 Å². The number of carbonyl (C=O) groups is 2. The monoisotopic (exact) mass is 363 g/mol. The van der Waals surface area contributed by atoms with E-state index < -0.39 is 15.6 Å². The van der Waals surface area contributed by atoms with Gasteiger partial charge in [-0.2, -0.15) is 4.31 Å². The maximum absolute atomic E-state index is 12.3. The minimum absolute atomic E-state index is 0.101. The first-order valence-electron chi connectivity index (χ1n) is 8.14. The third-order valence-corrected chi connectivity index (χ3v) is 5.37. The SMILES string of the molecule is CCOC(=O)N1CCN(C(=O)CCN(C(C)(C)C)S(C)(=O)=O)CC1. The molecule has 0 aromatic heterocycles. The molecule has 1 aliphatic heterocycles. The second kappa shape index (κ2) is 8.15. The summed E-state index contributed by atoms with van der Waals surface area (Å²) in [6.45, 7) is 9.37. The Kier molecular flexibility index (Phi) is 7.03. The standard InChI is InChI=1S/C15H29N3O5S/c1-6-23-14(20)17-11-9-16(10-12-17)13(19)7-8-18(15(2,3)4)24(5,21)22/h6-12H2,1-5H3. The molecule has 0 atom stereocenters. The minimum Gasteiger partial charge on any atom is -0.450 e. The van der Waals surface area contributed by atoms with Crippen molar-refractivity contribution in [2.24, 2.45) is 0 Å². The van der Waals surface area contributed by atoms with Crippen molar-refractivity contribution in [2.75, 3.05) is 45.6 Å². The molecular weight excluding hydrogens is 334 g/mol. The third-order valence-electron chi connectivity index (χ3n) is 3.84. The van der Waals surface area contributed by atoms with Gasteiger partial charge in [-0.05, 0) is 27.7 Å². The predicted molar refractivity (Wildman–Crippen MR) is 91.1 cm³/mol. The zero-order chi connectivity index (χ0) is 18.5. The summed E-state index contributed by atoms with van der Waals surface area (Å²) in [5, 5.41) is 0. The molecule has 1 heterocycles. The van der Waals surface area contributed by atoms with E-state index in [1.54, 1.807) is 37.5 Å². The number of nitrogens with zero attached hydrogens (tertiary/aromatic N) is 3. The highest BCUT2D eigenvalue weighted by molar-refractivity contribution is 7.88. The lowest BCUT2D eigenvalue weighted by Crippen LogP contribution is -2.52. The van der Waals surface area contributed by atoms with Crippen molar-refractivity contribution < 1.29 is 22.7 Å². The fraction of sp³-hybridized carbons (Fsp3) is 0.867. The van der Waals surface area contributed by atoms with Gasteiger partial charge in [0, 0.05) is 44.7 Å². The molecule has 140 valence electrons. The van der Waals surface area contributed by atoms with Crippen LogP contribution in [-0.2, 0) is 19.6 Å². The average molecular weight is 363 g/mol. The number of hydrogen-bond acceptors (Lipinski definition) is 5. The molecule has 0 bridgehead atoms. The van der Waals surface area contributed by atoms with Crippen LogP contribution in [0.25, 0.3) is 0 Å². The van der Waals surface area contributed by atoms with E-state index in [-0.39, 0.29) is 25.0 Å². The molecule has 24 heavy (non-hydrogen) atoms. The highest BCUT2D eigenvalue weighted by Gasteiger charge is 2.31. The fourth-order valence-corrected chi connectivity index (χ4v) is 4.13. The smallest absolute Gasteiger partial charge is 0.409 e. The zero-order valence-electron chi connectivity index (χ0n) is 15.2. The summed E-state index contributed by atoms with van der Waals surface area (Å²) in [7, 11) is -3.38. The molecule has 0 radical (unpaired) electrons. The van der Waals surface area contributed by atoms with Gasteiger partial charge in [0.05, 0.1) is 12.9 Å². The lowest BCUT2D eigenvalue weighted by Gasteiger charge is -2.36. The molecule has 1 fully saturated rings. The Morgan fingerprint density at radius 3 is 2.00 bits per heavy atom. The van der Waals surface area contributed by atoms with Crippen LogP contribution in [-0.4, -0.2) is 85.6 Å². The second-order valence-corrected chi connectivity index (χ2v) is 8.73. The number of hydrogen-bond donors (Lipinski definition) is 0. The Balaban J connectivity index is 2.54. The number of rotatable bonds is 5. The van der Waals surface area contributed by atoms with Crippen molar-refractivity contribution in [3.63, 3.8) is 0 Å². The molecule has 0 aromatic carbocycles. The molecule has 9 heteroatoms. The van der Waals surface area contributed by atoms with Crippen LogP contribution in [0.2, 0.25) is 0 Å². The molecule has 1 aliphatic rings. The summed E-state index contributed by atoms with van der Waals surface area (Å²) in [6, 6.07) is 0. The van der Waals surface area contributed by atoms with E-state index >= 15 is 0 Å². The first-order chi connectivity index (χ1) is 11.0. The van der Waals surface area contributed by atoms with Crippen molar-refractivity contribution >= 4 is 22.0 Å². The molecule has 0 N–H and O–H groups in total. The van der Waals surface area contributed by atoms with Gasteiger partial charge in [0.2, 0.25) is 15.9 Å². The Morgan fingerprint density at radius 2 is 1.58 bits per heavy atom. The molecule has 2 amide bonds. The van der Waals surface area contributed by atoms with Gasteiger partial charge in [-0.25, -0.2) is 13.2 Å². The van der Waals surface area contributed by atoms with Crippen LogP contribution in [0.1, 0.15) is 34.1 Å². The first-order valence-corrected chi connectivity index (χ1v) is 9.99. The summed E-state index contributed by atoms with van der Waals surface area (Å²) < 4.78 is 30.1. The Hall–Kier alpha value is -1.35. The van der Waals surface area contributed by atoms with Gasteiger partial charge < -0.3 is 14.5 Å². The fourth-order valence-electron chi connectivity index (χ4n) is 2.71. The molecule has 0 aromatic rings. The molecule has 0 aliphatic carbocycles. The topological polar surface area (TPSA) is 87.2 Å². The number of sulfonamides is 1. The molecule has 8 nitrogen and oxygen atoms in total. The molecule has 0 saturated carbocycles. The average Bonchev–Trinajstić information content (AvgIpc) is 2.44. The van der Waals surface area contributed by atoms with Crippen molar-refractivity contribution in [2.45, 2.75) is 39.7 Å². The van der Waals surface area contributed by atoms with Crippen LogP contribution in [0, 0.1) is 0 Å². The third kappa shape index (κ3) is 5.94. The van der Waals surface area contributed by atoms with Gasteiger partial charge in [-0.1, -0.05) is 0 Å². The van der Waals surface area contributed by atoms with E-state index in [2.05, 4.69) is 0 Å². The quantitative estimate of drug-likeness (QED) is 0.719. The van der Waals surface area contributed by atoms with Crippen LogP contribution in [0.4, 0.5) is 4.79 Å². The number of piperazine rings is 1. The van der Waals surface area contributed by atoms with E-state index in [0.29, 0.717) is 32.8 Å². The van der Waals surface area contributed by atoms with Gasteiger partial charge in [-0.3, -0.25) is 4.79 Å². The zero-order valence-corrected chi connectivity index (χ0v) is 16.1. The largest absolute Gasteiger partial charge is 0.450 e. The summed E-state index contributed by atoms with van der Waals surface area (Å²) in [5.74, 6) is -0.101. The van der Waals surface area contributed by atoms with Gasteiger partial charge in [0.25, 0.3) is 0 Å². The van der Waals surface area contributed by atoms with Crippen molar-refractivity contribution in [3.05, 3.63) is 0 Å². The Morgan fingerprint density at radius 1 is 1.08 bits per heavy atom. The normalized spacial score (nSPS) is 16.4. The molecule has 1 saturated heterocycles. The second-order valence-electron chi connectivity index (χ2n) is 6.82. The van der Waals surface area contributed by atoms with Crippen molar-refractivity contribution in [1.29, 1.82) is 0 Å². The van der Waals surface area contributed by atoms with Gasteiger partial charge in [-0.15, -0.1) is 0 Å². The highest BCUT2D eigenvalue weighted by atomic mass is 32.2. The molecule has 0 unspecified atom stereocenters. The van der Waals surface area contributed by atoms with Gasteiger partial charge in [0.15, 0.2) is 0 Å². The predicted octanol–water partition coefficient (Wildman–Crippen LogP) is 0.737. The summed E-state index contributed by atoms with van der Waals surface area (Å²) in [4.78, 5) is 27.2. The summed E-state index contributed by atoms with van der Waals surface area (Å²) in [6.07, 6.45) is 0.922. The van der Waals surface area contributed by atoms with Crippen LogP contribution >= 0.6 is 0 Å². The van der Waals surface area contributed by atoms with Crippen LogP contribution in [0.5, 0.6) is 0 Å². The van der Waals surface area contributed by atoms with Gasteiger partial charge >= 0.3 is 6.09 Å². The minimum atomic E-state index is -3.38. The first kappa shape index (κ1) is 20.7. The van der Waals surface area contributed by atoms with E-state index in [0.717, 1.165) is 6.26 Å².